The van der Waals surface area contributed by atoms with Gasteiger partial charge in [0.25, 0.3) is 0 Å². The molecule has 0 aromatic heterocycles. The van der Waals surface area contributed by atoms with Crippen LogP contribution in [0.2, 0.25) is 0 Å². The van der Waals surface area contributed by atoms with Gasteiger partial charge in [0, 0.05) is 15.9 Å². The van der Waals surface area contributed by atoms with E-state index in [-0.39, 0.29) is 5.92 Å². The molecule has 0 aliphatic heterocycles. The van der Waals surface area contributed by atoms with Crippen LogP contribution in [0.3, 0.4) is 0 Å². The van der Waals surface area contributed by atoms with Crippen LogP contribution in [0.5, 0.6) is 0 Å². The Hall–Kier alpha value is -0.870. The maximum Gasteiger partial charge on any atom is 0.0756 e. The smallest absolute Gasteiger partial charge is 0.0756 e. The molecule has 1 nitrogen and oxygen atoms in total. The van der Waals surface area contributed by atoms with Crippen LogP contribution in [-0.4, -0.2) is 10.7 Å². The van der Waals surface area contributed by atoms with Crippen molar-refractivity contribution in [1.29, 1.82) is 0 Å². The minimum absolute atomic E-state index is 0.256. The summed E-state index contributed by atoms with van der Waals surface area (Å²) in [6.45, 7) is 0. The lowest BCUT2D eigenvalue weighted by Crippen LogP contribution is -2.41. The number of hydrogen-bond donors (Lipinski definition) is 1. The molecule has 110 valence electrons. The predicted octanol–water partition coefficient (Wildman–Crippen LogP) is 4.92. The first kappa shape index (κ1) is 15.0. The van der Waals surface area contributed by atoms with Crippen LogP contribution in [0, 0.1) is 3.57 Å². The highest BCUT2D eigenvalue weighted by Crippen LogP contribution is 2.42. The average molecular weight is 392 g/mol. The maximum absolute atomic E-state index is 11.3. The van der Waals surface area contributed by atoms with Crippen LogP contribution in [0.4, 0.5) is 0 Å². The fourth-order valence-electron chi connectivity index (χ4n) is 3.55. The lowest BCUT2D eigenvalue weighted by Gasteiger charge is -2.40. The Morgan fingerprint density at radius 1 is 1.00 bits per heavy atom. The molecule has 2 aromatic carbocycles. The molecule has 21 heavy (non-hydrogen) atoms. The monoisotopic (exact) mass is 392 g/mol. The normalized spacial score (nSPS) is 25.7. The maximum atomic E-state index is 11.3. The summed E-state index contributed by atoms with van der Waals surface area (Å²) in [5.74, 6) is 0.256. The molecule has 0 bridgehead atoms. The topological polar surface area (TPSA) is 20.2 Å². The molecule has 1 N–H and O–H groups in total. The molecule has 0 radical (unpaired) electrons. The quantitative estimate of drug-likeness (QED) is 0.735. The third-order valence-corrected chi connectivity index (χ3v) is 5.35. The summed E-state index contributed by atoms with van der Waals surface area (Å²) in [6, 6.07) is 19.1. The summed E-state index contributed by atoms with van der Waals surface area (Å²) in [5, 5.41) is 11.3. The second-order valence-electron chi connectivity index (χ2n) is 6.12. The van der Waals surface area contributed by atoms with Gasteiger partial charge in [0.1, 0.15) is 0 Å². The molecule has 1 aliphatic rings. The van der Waals surface area contributed by atoms with Crippen molar-refractivity contribution < 1.29 is 5.11 Å². The molecule has 1 aliphatic carbocycles. The van der Waals surface area contributed by atoms with Crippen LogP contribution in [-0.2, 0) is 6.42 Å². The molecular weight excluding hydrogens is 371 g/mol. The first-order chi connectivity index (χ1) is 10.2. The molecule has 0 spiro atoms. The Bertz CT molecular complexity index is 578. The minimum Gasteiger partial charge on any atom is -0.389 e. The van der Waals surface area contributed by atoms with E-state index in [4.69, 9.17) is 0 Å². The minimum atomic E-state index is -0.605. The standard InChI is InChI=1S/C19H21IO/c20-17-11-9-15(10-12-17)14-19(21)13-5-4-8-18(19)16-6-2-1-3-7-16/h1-3,6-7,9-12,18,21H,4-5,8,13-14H2. The fraction of sp³-hybridized carbons (Fsp3) is 0.368. The Morgan fingerprint density at radius 2 is 1.71 bits per heavy atom. The molecule has 0 heterocycles. The van der Waals surface area contributed by atoms with Crippen LogP contribution in [0.1, 0.15) is 42.7 Å². The molecule has 1 fully saturated rings. The van der Waals surface area contributed by atoms with Gasteiger partial charge in [-0.3, -0.25) is 0 Å². The van der Waals surface area contributed by atoms with E-state index >= 15 is 0 Å². The SMILES string of the molecule is OC1(Cc2ccc(I)cc2)CCCCC1c1ccccc1. The van der Waals surface area contributed by atoms with Gasteiger partial charge >= 0.3 is 0 Å². The van der Waals surface area contributed by atoms with Gasteiger partial charge in [0.05, 0.1) is 5.60 Å². The Kier molecular flexibility index (Phi) is 4.65. The predicted molar refractivity (Wildman–Crippen MR) is 95.5 cm³/mol. The first-order valence-corrected chi connectivity index (χ1v) is 8.77. The summed E-state index contributed by atoms with van der Waals surface area (Å²) < 4.78 is 1.24. The molecule has 0 amide bonds. The highest BCUT2D eigenvalue weighted by molar-refractivity contribution is 14.1. The summed E-state index contributed by atoms with van der Waals surface area (Å²) >= 11 is 2.32. The fourth-order valence-corrected chi connectivity index (χ4v) is 3.91. The van der Waals surface area contributed by atoms with Gasteiger partial charge in [0.15, 0.2) is 0 Å². The Morgan fingerprint density at radius 3 is 2.43 bits per heavy atom. The van der Waals surface area contributed by atoms with Gasteiger partial charge in [-0.1, -0.05) is 55.3 Å². The van der Waals surface area contributed by atoms with Crippen molar-refractivity contribution in [2.75, 3.05) is 0 Å². The van der Waals surface area contributed by atoms with Crippen LogP contribution < -0.4 is 0 Å². The van der Waals surface area contributed by atoms with Crippen molar-refractivity contribution in [2.24, 2.45) is 0 Å². The zero-order chi connectivity index (χ0) is 14.7. The highest BCUT2D eigenvalue weighted by Gasteiger charge is 2.39. The molecule has 0 saturated heterocycles. The Labute approximate surface area is 140 Å². The highest BCUT2D eigenvalue weighted by atomic mass is 127. The van der Waals surface area contributed by atoms with Crippen molar-refractivity contribution >= 4 is 22.6 Å². The number of halogens is 1. The number of aliphatic hydroxyl groups is 1. The second-order valence-corrected chi connectivity index (χ2v) is 7.36. The zero-order valence-electron chi connectivity index (χ0n) is 12.1. The van der Waals surface area contributed by atoms with Gasteiger partial charge in [-0.25, -0.2) is 0 Å². The molecular formula is C19H21IO. The van der Waals surface area contributed by atoms with Gasteiger partial charge in [-0.15, -0.1) is 0 Å². The largest absolute Gasteiger partial charge is 0.389 e. The second kappa shape index (κ2) is 6.49. The van der Waals surface area contributed by atoms with Gasteiger partial charge in [-0.05, 0) is 58.7 Å². The van der Waals surface area contributed by atoms with Crippen molar-refractivity contribution in [1.82, 2.24) is 0 Å². The number of hydrogen-bond acceptors (Lipinski definition) is 1. The third-order valence-electron chi connectivity index (χ3n) is 4.63. The molecule has 2 heteroatoms. The van der Waals surface area contributed by atoms with Gasteiger partial charge in [0.2, 0.25) is 0 Å². The molecule has 1 saturated carbocycles. The lowest BCUT2D eigenvalue weighted by molar-refractivity contribution is -0.0167. The zero-order valence-corrected chi connectivity index (χ0v) is 14.3. The summed E-state index contributed by atoms with van der Waals surface area (Å²) in [4.78, 5) is 0. The van der Waals surface area contributed by atoms with Gasteiger partial charge < -0.3 is 5.11 Å². The van der Waals surface area contributed by atoms with Crippen molar-refractivity contribution in [2.45, 2.75) is 43.6 Å². The summed E-state index contributed by atoms with van der Waals surface area (Å²) in [7, 11) is 0. The van der Waals surface area contributed by atoms with E-state index in [1.165, 1.54) is 21.1 Å². The first-order valence-electron chi connectivity index (χ1n) is 7.69. The van der Waals surface area contributed by atoms with Crippen LogP contribution in [0.15, 0.2) is 54.6 Å². The number of benzene rings is 2. The molecule has 3 rings (SSSR count). The Balaban J connectivity index is 1.86. The summed E-state index contributed by atoms with van der Waals surface area (Å²) in [6.07, 6.45) is 5.09. The molecule has 2 aromatic rings. The van der Waals surface area contributed by atoms with E-state index in [2.05, 4.69) is 71.1 Å². The van der Waals surface area contributed by atoms with Crippen LogP contribution in [0.25, 0.3) is 0 Å². The van der Waals surface area contributed by atoms with E-state index in [9.17, 15) is 5.11 Å². The van der Waals surface area contributed by atoms with Crippen LogP contribution >= 0.6 is 22.6 Å². The van der Waals surface area contributed by atoms with E-state index in [1.807, 2.05) is 6.07 Å². The van der Waals surface area contributed by atoms with E-state index < -0.39 is 5.60 Å². The van der Waals surface area contributed by atoms with E-state index in [0.29, 0.717) is 0 Å². The third kappa shape index (κ3) is 3.49. The molecule has 2 unspecified atom stereocenters. The van der Waals surface area contributed by atoms with Crippen molar-refractivity contribution in [3.63, 3.8) is 0 Å². The van der Waals surface area contributed by atoms with Crippen molar-refractivity contribution in [3.8, 4) is 0 Å². The van der Waals surface area contributed by atoms with E-state index in [1.54, 1.807) is 0 Å². The molecule has 2 atom stereocenters. The summed E-state index contributed by atoms with van der Waals surface area (Å²) in [5.41, 5.74) is 1.91. The van der Waals surface area contributed by atoms with Crippen molar-refractivity contribution in [3.05, 3.63) is 69.3 Å². The lowest BCUT2D eigenvalue weighted by atomic mass is 9.69. The number of rotatable bonds is 3. The van der Waals surface area contributed by atoms with E-state index in [0.717, 1.165) is 25.7 Å². The van der Waals surface area contributed by atoms with Gasteiger partial charge in [-0.2, -0.15) is 0 Å². The average Bonchev–Trinajstić information content (AvgIpc) is 2.51.